The lowest BCUT2D eigenvalue weighted by Gasteiger charge is -2.39. The summed E-state index contributed by atoms with van der Waals surface area (Å²) in [7, 11) is 1.89. The first-order valence-corrected chi connectivity index (χ1v) is 8.77. The van der Waals surface area contributed by atoms with Crippen molar-refractivity contribution in [2.45, 2.75) is 38.8 Å². The summed E-state index contributed by atoms with van der Waals surface area (Å²) < 4.78 is 0. The normalized spacial score (nSPS) is 23.2. The van der Waals surface area contributed by atoms with Crippen LogP contribution in [0.3, 0.4) is 0 Å². The Hall–Kier alpha value is -0.910. The maximum atomic E-state index is 12.4. The van der Waals surface area contributed by atoms with Crippen molar-refractivity contribution in [3.05, 3.63) is 22.4 Å². The SMILES string of the molecule is CCC1CCN(CC(=O)N(C)Cc2ccsc2)C(CN)C1. The number of carbonyl (C=O) groups excluding carboxylic acids is 1. The molecule has 2 unspecified atom stereocenters. The molecule has 118 valence electrons. The van der Waals surface area contributed by atoms with Gasteiger partial charge < -0.3 is 10.6 Å². The van der Waals surface area contributed by atoms with Crippen LogP contribution < -0.4 is 5.73 Å². The molecule has 0 saturated carbocycles. The lowest BCUT2D eigenvalue weighted by molar-refractivity contribution is -0.132. The van der Waals surface area contributed by atoms with Gasteiger partial charge >= 0.3 is 0 Å². The van der Waals surface area contributed by atoms with Crippen molar-refractivity contribution in [1.29, 1.82) is 0 Å². The summed E-state index contributed by atoms with van der Waals surface area (Å²) in [5.74, 6) is 0.961. The zero-order chi connectivity index (χ0) is 15.2. The average molecular weight is 309 g/mol. The van der Waals surface area contributed by atoms with Crippen LogP contribution in [0.4, 0.5) is 0 Å². The van der Waals surface area contributed by atoms with Gasteiger partial charge in [-0.25, -0.2) is 0 Å². The van der Waals surface area contributed by atoms with E-state index in [-0.39, 0.29) is 5.91 Å². The number of hydrogen-bond acceptors (Lipinski definition) is 4. The molecule has 21 heavy (non-hydrogen) atoms. The van der Waals surface area contributed by atoms with Gasteiger partial charge in [-0.05, 0) is 47.7 Å². The van der Waals surface area contributed by atoms with E-state index >= 15 is 0 Å². The Labute approximate surface area is 131 Å². The molecular weight excluding hydrogens is 282 g/mol. The number of carbonyl (C=O) groups is 1. The Bertz CT molecular complexity index is 435. The maximum absolute atomic E-state index is 12.4. The second-order valence-corrected chi connectivity index (χ2v) is 6.82. The molecule has 1 aromatic heterocycles. The third kappa shape index (κ3) is 4.53. The fraction of sp³-hybridized carbons (Fsp3) is 0.688. The van der Waals surface area contributed by atoms with Crippen LogP contribution in [0.25, 0.3) is 0 Å². The zero-order valence-corrected chi connectivity index (χ0v) is 13.9. The molecule has 0 bridgehead atoms. The molecule has 1 aromatic rings. The number of rotatable bonds is 6. The summed E-state index contributed by atoms with van der Waals surface area (Å²) in [6.07, 6.45) is 3.54. The molecule has 0 aromatic carbocycles. The van der Waals surface area contributed by atoms with Crippen molar-refractivity contribution < 1.29 is 4.79 Å². The topological polar surface area (TPSA) is 49.6 Å². The van der Waals surface area contributed by atoms with E-state index in [0.717, 1.165) is 18.9 Å². The molecule has 0 radical (unpaired) electrons. The second-order valence-electron chi connectivity index (χ2n) is 6.04. The number of likely N-dealkylation sites (N-methyl/N-ethyl adjacent to an activating group) is 1. The van der Waals surface area contributed by atoms with Crippen molar-refractivity contribution >= 4 is 17.2 Å². The standard InChI is InChI=1S/C16H27N3OS/c1-3-13-4-6-19(15(8-13)9-17)11-16(20)18(2)10-14-5-7-21-12-14/h5,7,12-13,15H,3-4,6,8-11,17H2,1-2H3. The molecule has 5 heteroatoms. The highest BCUT2D eigenvalue weighted by molar-refractivity contribution is 7.07. The minimum atomic E-state index is 0.189. The number of hydrogen-bond donors (Lipinski definition) is 1. The van der Waals surface area contributed by atoms with Gasteiger partial charge in [-0.1, -0.05) is 13.3 Å². The zero-order valence-electron chi connectivity index (χ0n) is 13.1. The highest BCUT2D eigenvalue weighted by atomic mass is 32.1. The number of amides is 1. The van der Waals surface area contributed by atoms with Crippen molar-refractivity contribution in [3.8, 4) is 0 Å². The summed E-state index contributed by atoms with van der Waals surface area (Å²) in [4.78, 5) is 16.5. The number of nitrogens with zero attached hydrogens (tertiary/aromatic N) is 2. The molecule has 0 aliphatic carbocycles. The molecule has 1 amide bonds. The van der Waals surface area contributed by atoms with Crippen molar-refractivity contribution in [1.82, 2.24) is 9.80 Å². The Morgan fingerprint density at radius 1 is 1.57 bits per heavy atom. The second kappa shape index (κ2) is 7.92. The largest absolute Gasteiger partial charge is 0.340 e. The molecule has 1 aliphatic rings. The van der Waals surface area contributed by atoms with E-state index in [1.165, 1.54) is 18.4 Å². The van der Waals surface area contributed by atoms with E-state index in [2.05, 4.69) is 23.3 Å². The van der Waals surface area contributed by atoms with E-state index in [0.29, 0.717) is 25.7 Å². The first-order valence-electron chi connectivity index (χ1n) is 7.83. The van der Waals surface area contributed by atoms with Gasteiger partial charge in [-0.2, -0.15) is 11.3 Å². The molecule has 4 nitrogen and oxygen atoms in total. The Morgan fingerprint density at radius 3 is 3.00 bits per heavy atom. The highest BCUT2D eigenvalue weighted by Crippen LogP contribution is 2.24. The van der Waals surface area contributed by atoms with Gasteiger partial charge in [-0.15, -0.1) is 0 Å². The van der Waals surface area contributed by atoms with Crippen LogP contribution in [0.5, 0.6) is 0 Å². The van der Waals surface area contributed by atoms with Crippen molar-refractivity contribution in [3.63, 3.8) is 0 Å². The van der Waals surface area contributed by atoms with Gasteiger partial charge in [0.2, 0.25) is 5.91 Å². The predicted octanol–water partition coefficient (Wildman–Crippen LogP) is 2.16. The first-order chi connectivity index (χ1) is 10.1. The lowest BCUT2D eigenvalue weighted by Crippen LogP contribution is -2.50. The minimum Gasteiger partial charge on any atom is -0.340 e. The molecule has 2 heterocycles. The number of piperidine rings is 1. The molecule has 2 N–H and O–H groups in total. The molecule has 0 spiro atoms. The van der Waals surface area contributed by atoms with Gasteiger partial charge in [0.05, 0.1) is 6.54 Å². The monoisotopic (exact) mass is 309 g/mol. The third-order valence-corrected chi connectivity index (χ3v) is 5.29. The van der Waals surface area contributed by atoms with Crippen LogP contribution in [-0.2, 0) is 11.3 Å². The molecule has 2 rings (SSSR count). The number of likely N-dealkylation sites (tertiary alicyclic amines) is 1. The highest BCUT2D eigenvalue weighted by Gasteiger charge is 2.28. The van der Waals surface area contributed by atoms with Crippen LogP contribution in [0.1, 0.15) is 31.7 Å². The van der Waals surface area contributed by atoms with Gasteiger partial charge in [-0.3, -0.25) is 9.69 Å². The summed E-state index contributed by atoms with van der Waals surface area (Å²) in [5, 5.41) is 4.15. The fourth-order valence-electron chi connectivity index (χ4n) is 3.05. The maximum Gasteiger partial charge on any atom is 0.236 e. The molecular formula is C16H27N3OS. The Kier molecular flexibility index (Phi) is 6.21. The quantitative estimate of drug-likeness (QED) is 0.876. The average Bonchev–Trinajstić information content (AvgIpc) is 3.00. The lowest BCUT2D eigenvalue weighted by atomic mass is 9.89. The molecule has 1 saturated heterocycles. The van der Waals surface area contributed by atoms with Gasteiger partial charge in [0.15, 0.2) is 0 Å². The van der Waals surface area contributed by atoms with Crippen LogP contribution in [0, 0.1) is 5.92 Å². The molecule has 1 aliphatic heterocycles. The smallest absolute Gasteiger partial charge is 0.236 e. The Morgan fingerprint density at radius 2 is 2.38 bits per heavy atom. The first kappa shape index (κ1) is 16.5. The van der Waals surface area contributed by atoms with E-state index < -0.39 is 0 Å². The summed E-state index contributed by atoms with van der Waals surface area (Å²) in [6.45, 7) is 5.09. The van der Waals surface area contributed by atoms with Gasteiger partial charge in [0.25, 0.3) is 0 Å². The summed E-state index contributed by atoms with van der Waals surface area (Å²) in [6, 6.07) is 2.44. The third-order valence-electron chi connectivity index (χ3n) is 4.56. The van der Waals surface area contributed by atoms with E-state index in [1.54, 1.807) is 11.3 Å². The van der Waals surface area contributed by atoms with Crippen LogP contribution >= 0.6 is 11.3 Å². The van der Waals surface area contributed by atoms with E-state index in [1.807, 2.05) is 17.3 Å². The summed E-state index contributed by atoms with van der Waals surface area (Å²) in [5.41, 5.74) is 7.11. The van der Waals surface area contributed by atoms with E-state index in [4.69, 9.17) is 5.73 Å². The number of thiophene rings is 1. The fourth-order valence-corrected chi connectivity index (χ4v) is 3.71. The molecule has 1 fully saturated rings. The predicted molar refractivity (Wildman–Crippen MR) is 88.2 cm³/mol. The van der Waals surface area contributed by atoms with Crippen molar-refractivity contribution in [2.75, 3.05) is 26.7 Å². The van der Waals surface area contributed by atoms with E-state index in [9.17, 15) is 4.79 Å². The Balaban J connectivity index is 1.86. The minimum absolute atomic E-state index is 0.189. The van der Waals surface area contributed by atoms with Crippen molar-refractivity contribution in [2.24, 2.45) is 11.7 Å². The van der Waals surface area contributed by atoms with Crippen LogP contribution in [0.2, 0.25) is 0 Å². The van der Waals surface area contributed by atoms with Crippen LogP contribution in [0.15, 0.2) is 16.8 Å². The van der Waals surface area contributed by atoms with Gasteiger partial charge in [0, 0.05) is 26.2 Å². The number of nitrogens with two attached hydrogens (primary N) is 1. The van der Waals surface area contributed by atoms with Crippen LogP contribution in [-0.4, -0.2) is 48.4 Å². The van der Waals surface area contributed by atoms with Gasteiger partial charge in [0.1, 0.15) is 0 Å². The summed E-state index contributed by atoms with van der Waals surface area (Å²) >= 11 is 1.67. The molecule has 2 atom stereocenters.